The van der Waals surface area contributed by atoms with Gasteiger partial charge in [-0.25, -0.2) is 0 Å². The first kappa shape index (κ1) is 12.0. The van der Waals surface area contributed by atoms with Crippen LogP contribution >= 0.6 is 11.6 Å². The van der Waals surface area contributed by atoms with Crippen LogP contribution in [-0.4, -0.2) is 22.3 Å². The fourth-order valence-electron chi connectivity index (χ4n) is 1.58. The molecule has 3 nitrogen and oxygen atoms in total. The van der Waals surface area contributed by atoms with Crippen LogP contribution in [0.15, 0.2) is 42.5 Å². The van der Waals surface area contributed by atoms with Crippen LogP contribution < -0.4 is 5.46 Å². The Balaban J connectivity index is 2.41. The molecule has 0 amide bonds. The first-order valence-corrected chi connectivity index (χ1v) is 5.41. The van der Waals surface area contributed by atoms with E-state index in [1.807, 2.05) is 12.1 Å². The van der Waals surface area contributed by atoms with Crippen LogP contribution in [0, 0.1) is 0 Å². The van der Waals surface area contributed by atoms with E-state index >= 15 is 0 Å². The van der Waals surface area contributed by atoms with Crippen LogP contribution in [0.25, 0.3) is 11.1 Å². The van der Waals surface area contributed by atoms with Gasteiger partial charge in [0.05, 0.1) is 0 Å². The summed E-state index contributed by atoms with van der Waals surface area (Å²) in [6.07, 6.45) is 0. The van der Waals surface area contributed by atoms with Gasteiger partial charge in [0.2, 0.25) is 0 Å². The molecule has 0 saturated carbocycles. The topological polar surface area (TPSA) is 60.7 Å². The summed E-state index contributed by atoms with van der Waals surface area (Å²) in [5, 5.41) is 28.2. The molecule has 0 aromatic heterocycles. The second kappa shape index (κ2) is 4.79. The molecule has 0 aliphatic carbocycles. The van der Waals surface area contributed by atoms with Crippen LogP contribution in [0.5, 0.6) is 5.75 Å². The van der Waals surface area contributed by atoms with Gasteiger partial charge >= 0.3 is 7.12 Å². The first-order chi connectivity index (χ1) is 8.08. The van der Waals surface area contributed by atoms with Crippen LogP contribution in [0.4, 0.5) is 0 Å². The molecule has 0 fully saturated rings. The predicted molar refractivity (Wildman–Crippen MR) is 68.4 cm³/mol. The van der Waals surface area contributed by atoms with Gasteiger partial charge in [0, 0.05) is 10.5 Å². The maximum Gasteiger partial charge on any atom is 0.492 e. The Kier molecular flexibility index (Phi) is 3.38. The molecule has 3 N–H and O–H groups in total. The summed E-state index contributed by atoms with van der Waals surface area (Å²) >= 11 is 5.78. The van der Waals surface area contributed by atoms with Gasteiger partial charge in [-0.1, -0.05) is 35.9 Å². The van der Waals surface area contributed by atoms with Gasteiger partial charge in [-0.15, -0.1) is 0 Å². The molecule has 0 atom stereocenters. The Labute approximate surface area is 104 Å². The Morgan fingerprint density at radius 2 is 1.47 bits per heavy atom. The Hall–Kier alpha value is -1.49. The highest BCUT2D eigenvalue weighted by Gasteiger charge is 2.16. The second-order valence-electron chi connectivity index (χ2n) is 3.65. The zero-order chi connectivity index (χ0) is 12.4. The standard InChI is InChI=1S/C12H10BClO3/c14-10-4-1-8(2-5-10)9-3-6-11(13(16)17)12(15)7-9/h1-7,15-17H. The summed E-state index contributed by atoms with van der Waals surface area (Å²) in [6.45, 7) is 0. The number of phenols is 1. The van der Waals surface area contributed by atoms with Crippen molar-refractivity contribution < 1.29 is 15.2 Å². The van der Waals surface area contributed by atoms with Crippen LogP contribution in [0.2, 0.25) is 5.02 Å². The van der Waals surface area contributed by atoms with E-state index in [9.17, 15) is 5.11 Å². The smallest absolute Gasteiger partial charge is 0.492 e. The van der Waals surface area contributed by atoms with E-state index in [1.165, 1.54) is 12.1 Å². The van der Waals surface area contributed by atoms with E-state index in [0.29, 0.717) is 5.02 Å². The number of rotatable bonds is 2. The molecule has 2 aromatic carbocycles. The third-order valence-corrected chi connectivity index (χ3v) is 2.74. The van der Waals surface area contributed by atoms with Gasteiger partial charge in [0.25, 0.3) is 0 Å². The maximum absolute atomic E-state index is 9.63. The zero-order valence-electron chi connectivity index (χ0n) is 8.84. The fourth-order valence-corrected chi connectivity index (χ4v) is 1.71. The van der Waals surface area contributed by atoms with E-state index in [4.69, 9.17) is 21.6 Å². The average Bonchev–Trinajstić information content (AvgIpc) is 2.29. The van der Waals surface area contributed by atoms with Crippen molar-refractivity contribution in [3.63, 3.8) is 0 Å². The van der Waals surface area contributed by atoms with Gasteiger partial charge in [-0.2, -0.15) is 0 Å². The van der Waals surface area contributed by atoms with Gasteiger partial charge < -0.3 is 15.2 Å². The summed E-state index contributed by atoms with van der Waals surface area (Å²) in [5.74, 6) is -0.146. The number of benzene rings is 2. The molecular weight excluding hydrogens is 238 g/mol. The van der Waals surface area contributed by atoms with Crippen molar-refractivity contribution in [1.29, 1.82) is 0 Å². The number of hydrogen-bond donors (Lipinski definition) is 3. The minimum absolute atomic E-state index is 0.0858. The molecule has 17 heavy (non-hydrogen) atoms. The average molecular weight is 248 g/mol. The van der Waals surface area contributed by atoms with E-state index in [2.05, 4.69) is 0 Å². The lowest BCUT2D eigenvalue weighted by molar-refractivity contribution is 0.419. The molecule has 86 valence electrons. The van der Waals surface area contributed by atoms with Crippen molar-refractivity contribution in [3.8, 4) is 16.9 Å². The molecule has 5 heteroatoms. The second-order valence-corrected chi connectivity index (χ2v) is 4.09. The van der Waals surface area contributed by atoms with E-state index in [1.54, 1.807) is 18.2 Å². The third kappa shape index (κ3) is 2.61. The molecule has 0 heterocycles. The molecule has 0 bridgehead atoms. The molecule has 2 rings (SSSR count). The SMILES string of the molecule is OB(O)c1ccc(-c2ccc(Cl)cc2)cc1O. The number of phenolic OH excluding ortho intramolecular Hbond substituents is 1. The molecule has 0 spiro atoms. The molecule has 0 aliphatic heterocycles. The quantitative estimate of drug-likeness (QED) is 0.704. The Morgan fingerprint density at radius 1 is 0.882 bits per heavy atom. The van der Waals surface area contributed by atoms with Crippen LogP contribution in [0.1, 0.15) is 0 Å². The number of aromatic hydroxyl groups is 1. The molecule has 0 unspecified atom stereocenters. The Morgan fingerprint density at radius 3 is 2.00 bits per heavy atom. The highest BCUT2D eigenvalue weighted by atomic mass is 35.5. The normalized spacial score (nSPS) is 10.3. The van der Waals surface area contributed by atoms with Crippen molar-refractivity contribution in [2.24, 2.45) is 0 Å². The molecule has 0 radical (unpaired) electrons. The molecular formula is C12H10BClO3. The summed E-state index contributed by atoms with van der Waals surface area (Å²) in [6, 6.07) is 11.8. The van der Waals surface area contributed by atoms with Crippen LogP contribution in [-0.2, 0) is 0 Å². The van der Waals surface area contributed by atoms with Crippen molar-refractivity contribution in [1.82, 2.24) is 0 Å². The molecule has 0 saturated heterocycles. The summed E-state index contributed by atoms with van der Waals surface area (Å²) < 4.78 is 0. The van der Waals surface area contributed by atoms with Crippen molar-refractivity contribution in [2.45, 2.75) is 0 Å². The zero-order valence-corrected chi connectivity index (χ0v) is 9.59. The minimum Gasteiger partial charge on any atom is -0.508 e. The summed E-state index contributed by atoms with van der Waals surface area (Å²) in [7, 11) is -1.67. The van der Waals surface area contributed by atoms with Gasteiger partial charge in [0.15, 0.2) is 0 Å². The lowest BCUT2D eigenvalue weighted by atomic mass is 9.79. The Bertz CT molecular complexity index is 526. The van der Waals surface area contributed by atoms with E-state index < -0.39 is 7.12 Å². The minimum atomic E-state index is -1.67. The van der Waals surface area contributed by atoms with Crippen LogP contribution in [0.3, 0.4) is 0 Å². The predicted octanol–water partition coefficient (Wildman–Crippen LogP) is 1.39. The summed E-state index contributed by atoms with van der Waals surface area (Å²) in [5.41, 5.74) is 1.76. The fraction of sp³-hybridized carbons (Fsp3) is 0. The lowest BCUT2D eigenvalue weighted by Crippen LogP contribution is -2.29. The van der Waals surface area contributed by atoms with E-state index in [0.717, 1.165) is 11.1 Å². The first-order valence-electron chi connectivity index (χ1n) is 5.03. The highest BCUT2D eigenvalue weighted by Crippen LogP contribution is 2.23. The van der Waals surface area contributed by atoms with Gasteiger partial charge in [0.1, 0.15) is 5.75 Å². The number of halogens is 1. The monoisotopic (exact) mass is 248 g/mol. The van der Waals surface area contributed by atoms with Gasteiger partial charge in [-0.05, 0) is 29.3 Å². The largest absolute Gasteiger partial charge is 0.508 e. The van der Waals surface area contributed by atoms with Crippen molar-refractivity contribution in [2.75, 3.05) is 0 Å². The third-order valence-electron chi connectivity index (χ3n) is 2.49. The summed E-state index contributed by atoms with van der Waals surface area (Å²) in [4.78, 5) is 0. The molecule has 2 aromatic rings. The van der Waals surface area contributed by atoms with Crippen molar-refractivity contribution >= 4 is 24.2 Å². The van der Waals surface area contributed by atoms with Gasteiger partial charge in [-0.3, -0.25) is 0 Å². The lowest BCUT2D eigenvalue weighted by Gasteiger charge is -2.07. The highest BCUT2D eigenvalue weighted by molar-refractivity contribution is 6.59. The maximum atomic E-state index is 9.63. The molecule has 0 aliphatic rings. The van der Waals surface area contributed by atoms with E-state index in [-0.39, 0.29) is 11.2 Å². The van der Waals surface area contributed by atoms with Crippen molar-refractivity contribution in [3.05, 3.63) is 47.5 Å². The number of hydrogen-bond acceptors (Lipinski definition) is 3.